The van der Waals surface area contributed by atoms with E-state index in [0.717, 1.165) is 25.0 Å². The summed E-state index contributed by atoms with van der Waals surface area (Å²) in [6.45, 7) is 4.59. The van der Waals surface area contributed by atoms with E-state index in [1.807, 2.05) is 43.3 Å². The molecule has 0 radical (unpaired) electrons. The number of aryl methyl sites for hydroxylation is 1. The highest BCUT2D eigenvalue weighted by Crippen LogP contribution is 2.25. The molecule has 0 bridgehead atoms. The molecule has 1 aromatic carbocycles. The van der Waals surface area contributed by atoms with Crippen LogP contribution < -0.4 is 10.1 Å². The van der Waals surface area contributed by atoms with Crippen molar-refractivity contribution in [3.63, 3.8) is 0 Å². The van der Waals surface area contributed by atoms with Gasteiger partial charge in [-0.25, -0.2) is 4.98 Å². The lowest BCUT2D eigenvalue weighted by Crippen LogP contribution is -2.13. The van der Waals surface area contributed by atoms with E-state index in [2.05, 4.69) is 23.3 Å². The molecule has 0 aliphatic heterocycles. The monoisotopic (exact) mass is 383 g/mol. The molecule has 2 rings (SSSR count). The van der Waals surface area contributed by atoms with Crippen LogP contribution in [0.3, 0.4) is 0 Å². The van der Waals surface area contributed by atoms with Gasteiger partial charge in [-0.05, 0) is 44.0 Å². The first-order valence-electron chi connectivity index (χ1n) is 9.22. The molecule has 0 aliphatic carbocycles. The van der Waals surface area contributed by atoms with Crippen LogP contribution in [0.25, 0.3) is 0 Å². The predicted molar refractivity (Wildman–Crippen MR) is 109 cm³/mol. The fourth-order valence-corrected chi connectivity index (χ4v) is 3.41. The van der Waals surface area contributed by atoms with Crippen LogP contribution in [0, 0.1) is 11.3 Å². The molecule has 1 heterocycles. The van der Waals surface area contributed by atoms with Gasteiger partial charge in [0.1, 0.15) is 16.8 Å². The number of carbonyl (C=O) groups is 1. The second kappa shape index (κ2) is 11.2. The number of hydrogen-bond donors (Lipinski definition) is 1. The van der Waals surface area contributed by atoms with E-state index in [0.29, 0.717) is 40.8 Å². The molecule has 0 spiro atoms. The topological polar surface area (TPSA) is 75.0 Å². The molecule has 1 aromatic heterocycles. The van der Waals surface area contributed by atoms with Gasteiger partial charge in [0.15, 0.2) is 0 Å². The van der Waals surface area contributed by atoms with Gasteiger partial charge in [0.25, 0.3) is 0 Å². The summed E-state index contributed by atoms with van der Waals surface area (Å²) in [4.78, 5) is 16.8. The molecule has 0 saturated heterocycles. The molecule has 1 N–H and O–H groups in total. The number of ether oxygens (including phenoxy) is 1. The number of rotatable bonds is 10. The minimum absolute atomic E-state index is 0.0877. The largest absolute Gasteiger partial charge is 0.492 e. The lowest BCUT2D eigenvalue weighted by Gasteiger charge is -2.11. The first kappa shape index (κ1) is 20.8. The number of amides is 1. The lowest BCUT2D eigenvalue weighted by molar-refractivity contribution is -0.115. The average Bonchev–Trinajstić information content (AvgIpc) is 2.68. The highest BCUT2D eigenvalue weighted by molar-refractivity contribution is 7.99. The number of aromatic nitrogens is 1. The highest BCUT2D eigenvalue weighted by atomic mass is 32.2. The van der Waals surface area contributed by atoms with Crippen molar-refractivity contribution in [1.82, 2.24) is 4.98 Å². The summed E-state index contributed by atoms with van der Waals surface area (Å²) < 4.78 is 5.52. The summed E-state index contributed by atoms with van der Waals surface area (Å²) in [6.07, 6.45) is 3.42. The maximum Gasteiger partial charge on any atom is 0.225 e. The maximum atomic E-state index is 12.3. The van der Waals surface area contributed by atoms with Crippen molar-refractivity contribution in [1.29, 1.82) is 5.26 Å². The Kier molecular flexibility index (Phi) is 8.66. The number of anilines is 1. The lowest BCUT2D eigenvalue weighted by atomic mass is 10.2. The minimum atomic E-state index is -0.0877. The Morgan fingerprint density at radius 3 is 2.81 bits per heavy atom. The number of pyridine rings is 1. The normalized spacial score (nSPS) is 10.3. The van der Waals surface area contributed by atoms with Crippen molar-refractivity contribution >= 4 is 23.4 Å². The SMILES string of the molecule is CCCCc1ccc(C#N)c(SCCC(=O)Nc2ccccc2OCC)n1. The number of thioether (sulfide) groups is 1. The Morgan fingerprint density at radius 2 is 2.07 bits per heavy atom. The molecule has 0 aliphatic rings. The zero-order chi connectivity index (χ0) is 19.5. The molecule has 0 unspecified atom stereocenters. The van der Waals surface area contributed by atoms with Gasteiger partial charge in [-0.2, -0.15) is 5.26 Å². The van der Waals surface area contributed by atoms with Crippen LogP contribution in [-0.4, -0.2) is 23.3 Å². The van der Waals surface area contributed by atoms with Crippen molar-refractivity contribution in [3.8, 4) is 11.8 Å². The Hall–Kier alpha value is -2.52. The summed E-state index contributed by atoms with van der Waals surface area (Å²) in [6, 6.07) is 13.3. The summed E-state index contributed by atoms with van der Waals surface area (Å²) >= 11 is 1.45. The van der Waals surface area contributed by atoms with Crippen LogP contribution in [0.4, 0.5) is 5.69 Å². The molecule has 5 nitrogen and oxygen atoms in total. The quantitative estimate of drug-likeness (QED) is 0.596. The summed E-state index contributed by atoms with van der Waals surface area (Å²) in [5.41, 5.74) is 2.22. The zero-order valence-corrected chi connectivity index (χ0v) is 16.6. The third-order valence-electron chi connectivity index (χ3n) is 3.85. The third kappa shape index (κ3) is 6.61. The smallest absolute Gasteiger partial charge is 0.225 e. The van der Waals surface area contributed by atoms with Gasteiger partial charge in [0.05, 0.1) is 17.9 Å². The van der Waals surface area contributed by atoms with Crippen LogP contribution >= 0.6 is 11.8 Å². The van der Waals surface area contributed by atoms with Crippen molar-refractivity contribution < 1.29 is 9.53 Å². The van der Waals surface area contributed by atoms with E-state index in [1.165, 1.54) is 11.8 Å². The Bertz CT molecular complexity index is 802. The second-order valence-corrected chi connectivity index (χ2v) is 7.03. The van der Waals surface area contributed by atoms with Gasteiger partial charge in [0, 0.05) is 17.9 Å². The standard InChI is InChI=1S/C21H25N3O2S/c1-3-5-8-17-12-11-16(15-22)21(23-17)27-14-13-20(25)24-18-9-6-7-10-19(18)26-4-2/h6-7,9-12H,3-5,8,13-14H2,1-2H3,(H,24,25). The fourth-order valence-electron chi connectivity index (χ4n) is 2.48. The molecule has 2 aromatic rings. The number of para-hydroxylation sites is 2. The molecule has 6 heteroatoms. The zero-order valence-electron chi connectivity index (χ0n) is 15.8. The molecule has 142 valence electrons. The molecule has 0 fully saturated rings. The Labute approximate surface area is 165 Å². The van der Waals surface area contributed by atoms with Crippen LogP contribution in [-0.2, 0) is 11.2 Å². The van der Waals surface area contributed by atoms with Crippen molar-refractivity contribution in [3.05, 3.63) is 47.7 Å². The fraction of sp³-hybridized carbons (Fsp3) is 0.381. The molecule has 27 heavy (non-hydrogen) atoms. The minimum Gasteiger partial charge on any atom is -0.492 e. The predicted octanol–water partition coefficient (Wildman–Crippen LogP) is 4.82. The van der Waals surface area contributed by atoms with E-state index in [-0.39, 0.29) is 5.91 Å². The molecule has 1 amide bonds. The van der Waals surface area contributed by atoms with Crippen LogP contribution in [0.2, 0.25) is 0 Å². The number of nitriles is 1. The number of nitrogens with one attached hydrogen (secondary N) is 1. The highest BCUT2D eigenvalue weighted by Gasteiger charge is 2.10. The van der Waals surface area contributed by atoms with E-state index >= 15 is 0 Å². The number of benzene rings is 1. The summed E-state index contributed by atoms with van der Waals surface area (Å²) in [5, 5.41) is 12.9. The number of hydrogen-bond acceptors (Lipinski definition) is 5. The number of unbranched alkanes of at least 4 members (excludes halogenated alkanes) is 1. The second-order valence-electron chi connectivity index (χ2n) is 5.95. The molecular weight excluding hydrogens is 358 g/mol. The van der Waals surface area contributed by atoms with Crippen LogP contribution in [0.5, 0.6) is 5.75 Å². The average molecular weight is 384 g/mol. The van der Waals surface area contributed by atoms with Gasteiger partial charge < -0.3 is 10.1 Å². The van der Waals surface area contributed by atoms with Crippen LogP contribution in [0.15, 0.2) is 41.4 Å². The van der Waals surface area contributed by atoms with Gasteiger partial charge in [-0.15, -0.1) is 11.8 Å². The first-order valence-corrected chi connectivity index (χ1v) is 10.2. The van der Waals surface area contributed by atoms with E-state index in [9.17, 15) is 10.1 Å². The Balaban J connectivity index is 1.92. The van der Waals surface area contributed by atoms with Crippen molar-refractivity contribution in [2.45, 2.75) is 44.6 Å². The number of carbonyl (C=O) groups excluding carboxylic acids is 1. The number of nitrogens with zero attached hydrogens (tertiary/aromatic N) is 2. The summed E-state index contributed by atoms with van der Waals surface area (Å²) in [5.74, 6) is 1.13. The van der Waals surface area contributed by atoms with E-state index in [1.54, 1.807) is 0 Å². The van der Waals surface area contributed by atoms with Crippen molar-refractivity contribution in [2.75, 3.05) is 17.7 Å². The van der Waals surface area contributed by atoms with Crippen molar-refractivity contribution in [2.24, 2.45) is 0 Å². The van der Waals surface area contributed by atoms with Crippen LogP contribution in [0.1, 0.15) is 44.4 Å². The maximum absolute atomic E-state index is 12.3. The summed E-state index contributed by atoms with van der Waals surface area (Å²) in [7, 11) is 0. The molecular formula is C21H25N3O2S. The van der Waals surface area contributed by atoms with E-state index in [4.69, 9.17) is 4.74 Å². The van der Waals surface area contributed by atoms with Gasteiger partial charge >= 0.3 is 0 Å². The first-order chi connectivity index (χ1) is 13.2. The van der Waals surface area contributed by atoms with E-state index < -0.39 is 0 Å². The van der Waals surface area contributed by atoms with Gasteiger partial charge in [0.2, 0.25) is 5.91 Å². The third-order valence-corrected chi connectivity index (χ3v) is 4.85. The Morgan fingerprint density at radius 1 is 1.26 bits per heavy atom. The molecule has 0 saturated carbocycles. The van der Waals surface area contributed by atoms with Gasteiger partial charge in [-0.1, -0.05) is 25.5 Å². The molecule has 0 atom stereocenters. The van der Waals surface area contributed by atoms with Gasteiger partial charge in [-0.3, -0.25) is 4.79 Å².